The summed E-state index contributed by atoms with van der Waals surface area (Å²) in [6.45, 7) is 5.29. The maximum Gasteiger partial charge on any atom is 0.224 e. The lowest BCUT2D eigenvalue weighted by Crippen LogP contribution is -2.46. The van der Waals surface area contributed by atoms with Crippen LogP contribution in [0.15, 0.2) is 36.5 Å². The standard InChI is InChI=1S/C18H25FN6/c1-23(2)10-9-21-18-20-8-7-17(22-18)25-13-11-24(12-14-25)16-5-3-15(19)4-6-16/h3-8H,9-14H2,1-2H3,(H,20,21,22). The molecular formula is C18H25FN6. The predicted molar refractivity (Wildman–Crippen MR) is 99.9 cm³/mol. The number of nitrogens with one attached hydrogen (secondary N) is 1. The summed E-state index contributed by atoms with van der Waals surface area (Å²) in [5.74, 6) is 1.42. The zero-order valence-electron chi connectivity index (χ0n) is 14.8. The maximum atomic E-state index is 13.1. The number of likely N-dealkylation sites (N-methyl/N-ethyl adjacent to an activating group) is 1. The Balaban J connectivity index is 1.56. The van der Waals surface area contributed by atoms with Gasteiger partial charge in [0.25, 0.3) is 0 Å². The first-order chi connectivity index (χ1) is 12.1. The van der Waals surface area contributed by atoms with E-state index in [0.717, 1.165) is 50.8 Å². The van der Waals surface area contributed by atoms with Crippen LogP contribution in [0.5, 0.6) is 0 Å². The Hall–Kier alpha value is -2.41. The molecule has 1 aromatic carbocycles. The van der Waals surface area contributed by atoms with Crippen LogP contribution in [-0.4, -0.2) is 68.2 Å². The van der Waals surface area contributed by atoms with Gasteiger partial charge in [0.15, 0.2) is 0 Å². The number of aromatic nitrogens is 2. The Morgan fingerprint density at radius 1 is 1.04 bits per heavy atom. The lowest BCUT2D eigenvalue weighted by molar-refractivity contribution is 0.425. The van der Waals surface area contributed by atoms with E-state index < -0.39 is 0 Å². The molecule has 25 heavy (non-hydrogen) atoms. The second-order valence-electron chi connectivity index (χ2n) is 6.42. The van der Waals surface area contributed by atoms with Gasteiger partial charge in [0.2, 0.25) is 5.95 Å². The van der Waals surface area contributed by atoms with Gasteiger partial charge < -0.3 is 20.0 Å². The summed E-state index contributed by atoms with van der Waals surface area (Å²) in [7, 11) is 4.08. The topological polar surface area (TPSA) is 47.5 Å². The lowest BCUT2D eigenvalue weighted by atomic mass is 10.2. The zero-order valence-corrected chi connectivity index (χ0v) is 14.8. The summed E-state index contributed by atoms with van der Waals surface area (Å²) >= 11 is 0. The summed E-state index contributed by atoms with van der Waals surface area (Å²) < 4.78 is 13.1. The van der Waals surface area contributed by atoms with E-state index in [1.165, 1.54) is 12.1 Å². The third-order valence-electron chi connectivity index (χ3n) is 4.28. The van der Waals surface area contributed by atoms with Crippen molar-refractivity contribution in [3.8, 4) is 0 Å². The van der Waals surface area contributed by atoms with Crippen LogP contribution in [0.1, 0.15) is 0 Å². The first-order valence-electron chi connectivity index (χ1n) is 8.59. The monoisotopic (exact) mass is 344 g/mol. The molecule has 0 saturated carbocycles. The molecule has 6 nitrogen and oxygen atoms in total. The van der Waals surface area contributed by atoms with Gasteiger partial charge >= 0.3 is 0 Å². The SMILES string of the molecule is CN(C)CCNc1nccc(N2CCN(c3ccc(F)cc3)CC2)n1. The van der Waals surface area contributed by atoms with Gasteiger partial charge in [-0.2, -0.15) is 4.98 Å². The van der Waals surface area contributed by atoms with Crippen molar-refractivity contribution in [3.63, 3.8) is 0 Å². The van der Waals surface area contributed by atoms with Crippen molar-refractivity contribution in [2.45, 2.75) is 0 Å². The first kappa shape index (κ1) is 17.4. The van der Waals surface area contributed by atoms with Gasteiger partial charge in [-0.3, -0.25) is 0 Å². The average Bonchev–Trinajstić information content (AvgIpc) is 2.62. The number of anilines is 3. The van der Waals surface area contributed by atoms with E-state index in [1.807, 2.05) is 32.3 Å². The van der Waals surface area contributed by atoms with E-state index >= 15 is 0 Å². The van der Waals surface area contributed by atoms with E-state index in [1.54, 1.807) is 6.20 Å². The Morgan fingerprint density at radius 2 is 1.72 bits per heavy atom. The first-order valence-corrected chi connectivity index (χ1v) is 8.59. The summed E-state index contributed by atoms with van der Waals surface area (Å²) in [6.07, 6.45) is 1.80. The molecule has 0 atom stereocenters. The molecule has 3 rings (SSSR count). The Labute approximate surface area is 148 Å². The van der Waals surface area contributed by atoms with Gasteiger partial charge in [0, 0.05) is 51.2 Å². The molecule has 1 N–H and O–H groups in total. The van der Waals surface area contributed by atoms with Gasteiger partial charge in [-0.05, 0) is 44.4 Å². The number of hydrogen-bond donors (Lipinski definition) is 1. The Bertz CT molecular complexity index is 668. The molecule has 1 saturated heterocycles. The van der Waals surface area contributed by atoms with Crippen molar-refractivity contribution in [3.05, 3.63) is 42.3 Å². The fourth-order valence-electron chi connectivity index (χ4n) is 2.85. The minimum atomic E-state index is -0.197. The fourth-order valence-corrected chi connectivity index (χ4v) is 2.85. The van der Waals surface area contributed by atoms with Crippen molar-refractivity contribution in [1.29, 1.82) is 0 Å². The van der Waals surface area contributed by atoms with Crippen molar-refractivity contribution < 1.29 is 4.39 Å². The second kappa shape index (κ2) is 8.11. The van der Waals surface area contributed by atoms with Crippen molar-refractivity contribution >= 4 is 17.5 Å². The van der Waals surface area contributed by atoms with E-state index in [-0.39, 0.29) is 5.82 Å². The lowest BCUT2D eigenvalue weighted by Gasteiger charge is -2.36. The zero-order chi connectivity index (χ0) is 17.6. The number of piperazine rings is 1. The molecule has 134 valence electrons. The quantitative estimate of drug-likeness (QED) is 0.864. The number of hydrogen-bond acceptors (Lipinski definition) is 6. The number of halogens is 1. The van der Waals surface area contributed by atoms with Crippen LogP contribution in [0.3, 0.4) is 0 Å². The number of nitrogens with zero attached hydrogens (tertiary/aromatic N) is 5. The van der Waals surface area contributed by atoms with Crippen molar-refractivity contribution in [1.82, 2.24) is 14.9 Å². The highest BCUT2D eigenvalue weighted by atomic mass is 19.1. The van der Waals surface area contributed by atoms with Crippen LogP contribution in [0, 0.1) is 5.82 Å². The summed E-state index contributed by atoms with van der Waals surface area (Å²) in [4.78, 5) is 15.6. The van der Waals surface area contributed by atoms with E-state index in [4.69, 9.17) is 0 Å². The van der Waals surface area contributed by atoms with Crippen LogP contribution < -0.4 is 15.1 Å². The molecule has 7 heteroatoms. The molecule has 0 spiro atoms. The van der Waals surface area contributed by atoms with E-state index in [0.29, 0.717) is 5.95 Å². The molecule has 0 amide bonds. The molecule has 1 aliphatic heterocycles. The molecule has 0 unspecified atom stereocenters. The third-order valence-corrected chi connectivity index (χ3v) is 4.28. The van der Waals surface area contributed by atoms with Gasteiger partial charge in [0.1, 0.15) is 11.6 Å². The van der Waals surface area contributed by atoms with Crippen LogP contribution in [0.25, 0.3) is 0 Å². The summed E-state index contributed by atoms with van der Waals surface area (Å²) in [6, 6.07) is 8.64. The Morgan fingerprint density at radius 3 is 2.40 bits per heavy atom. The Kier molecular flexibility index (Phi) is 5.65. The third kappa shape index (κ3) is 4.79. The molecule has 1 aromatic heterocycles. The van der Waals surface area contributed by atoms with E-state index in [2.05, 4.69) is 30.0 Å². The molecule has 2 heterocycles. The number of rotatable bonds is 6. The van der Waals surface area contributed by atoms with Gasteiger partial charge in [0.05, 0.1) is 0 Å². The molecule has 0 radical (unpaired) electrons. The highest BCUT2D eigenvalue weighted by molar-refractivity contribution is 5.50. The van der Waals surface area contributed by atoms with Crippen LogP contribution >= 0.6 is 0 Å². The largest absolute Gasteiger partial charge is 0.368 e. The fraction of sp³-hybridized carbons (Fsp3) is 0.444. The van der Waals surface area contributed by atoms with Crippen LogP contribution in [-0.2, 0) is 0 Å². The highest BCUT2D eigenvalue weighted by Gasteiger charge is 2.18. The highest BCUT2D eigenvalue weighted by Crippen LogP contribution is 2.20. The predicted octanol–water partition coefficient (Wildman–Crippen LogP) is 1.92. The van der Waals surface area contributed by atoms with Crippen molar-refractivity contribution in [2.24, 2.45) is 0 Å². The van der Waals surface area contributed by atoms with E-state index in [9.17, 15) is 4.39 Å². The molecule has 0 aliphatic carbocycles. The van der Waals surface area contributed by atoms with Crippen LogP contribution in [0.4, 0.5) is 21.8 Å². The maximum absolute atomic E-state index is 13.1. The summed E-state index contributed by atoms with van der Waals surface area (Å²) in [5.41, 5.74) is 1.06. The molecule has 0 bridgehead atoms. The normalized spacial score (nSPS) is 14.9. The van der Waals surface area contributed by atoms with Crippen molar-refractivity contribution in [2.75, 3.05) is 68.5 Å². The van der Waals surface area contributed by atoms with Gasteiger partial charge in [-0.1, -0.05) is 0 Å². The average molecular weight is 344 g/mol. The van der Waals surface area contributed by atoms with Gasteiger partial charge in [-0.15, -0.1) is 0 Å². The second-order valence-corrected chi connectivity index (χ2v) is 6.42. The van der Waals surface area contributed by atoms with Crippen LogP contribution in [0.2, 0.25) is 0 Å². The minimum absolute atomic E-state index is 0.197. The molecule has 1 aliphatic rings. The summed E-state index contributed by atoms with van der Waals surface area (Å²) in [5, 5.41) is 3.26. The number of benzene rings is 1. The molecule has 1 fully saturated rings. The molecule has 2 aromatic rings. The molecular weight excluding hydrogens is 319 g/mol. The van der Waals surface area contributed by atoms with Gasteiger partial charge in [-0.25, -0.2) is 9.37 Å². The minimum Gasteiger partial charge on any atom is -0.368 e. The smallest absolute Gasteiger partial charge is 0.224 e.